The number of anilines is 1. The molecule has 2 rings (SSSR count). The number of hydrogen-bond acceptors (Lipinski definition) is 6. The molecule has 0 spiro atoms. The maximum atomic E-state index is 10.9. The fraction of sp³-hybridized carbons (Fsp3) is 0.167. The van der Waals surface area contributed by atoms with Gasteiger partial charge in [0.15, 0.2) is 0 Å². The molecule has 0 amide bonds. The van der Waals surface area contributed by atoms with Crippen molar-refractivity contribution in [2.75, 3.05) is 19.7 Å². The van der Waals surface area contributed by atoms with Gasteiger partial charge in [0.05, 0.1) is 30.7 Å². The minimum absolute atomic E-state index is 0.222. The van der Waals surface area contributed by atoms with Gasteiger partial charge in [-0.3, -0.25) is 10.7 Å². The van der Waals surface area contributed by atoms with Crippen LogP contribution in [0.5, 0.6) is 11.5 Å². The number of ether oxygens (including phenoxy) is 2. The lowest BCUT2D eigenvalue weighted by molar-refractivity contribution is 0.388. The minimum atomic E-state index is 0.222. The monoisotopic (exact) mass is 248 g/mol. The van der Waals surface area contributed by atoms with Crippen molar-refractivity contribution in [1.29, 1.82) is 0 Å². The first-order chi connectivity index (χ1) is 8.76. The molecule has 94 valence electrons. The molecular formula is C12H12N2O4. The molecule has 0 bridgehead atoms. The van der Waals surface area contributed by atoms with Gasteiger partial charge in [-0.05, 0) is 29.4 Å². The van der Waals surface area contributed by atoms with Crippen molar-refractivity contribution in [2.24, 2.45) is 5.18 Å². The summed E-state index contributed by atoms with van der Waals surface area (Å²) in [7, 11) is 3.00. The summed E-state index contributed by atoms with van der Waals surface area (Å²) >= 11 is 0. The van der Waals surface area contributed by atoms with E-state index < -0.39 is 0 Å². The van der Waals surface area contributed by atoms with Gasteiger partial charge in [0.2, 0.25) is 0 Å². The second kappa shape index (κ2) is 4.89. The van der Waals surface area contributed by atoms with Crippen LogP contribution in [0.25, 0.3) is 10.8 Å². The molecular weight excluding hydrogens is 236 g/mol. The summed E-state index contributed by atoms with van der Waals surface area (Å²) in [5.74, 6) is 0.991. The highest BCUT2D eigenvalue weighted by Gasteiger charge is 2.15. The van der Waals surface area contributed by atoms with Crippen LogP contribution in [-0.4, -0.2) is 19.4 Å². The molecule has 0 saturated carbocycles. The van der Waals surface area contributed by atoms with Crippen molar-refractivity contribution in [2.45, 2.75) is 0 Å². The van der Waals surface area contributed by atoms with Crippen LogP contribution in [0, 0.1) is 4.91 Å². The predicted octanol–water partition coefficient (Wildman–Crippen LogP) is 3.06. The summed E-state index contributed by atoms with van der Waals surface area (Å²) in [6.45, 7) is 0. The van der Waals surface area contributed by atoms with Crippen molar-refractivity contribution in [3.63, 3.8) is 0 Å². The maximum Gasteiger partial charge on any atom is 0.129 e. The van der Waals surface area contributed by atoms with E-state index in [0.29, 0.717) is 28.0 Å². The van der Waals surface area contributed by atoms with Crippen LogP contribution in [0.2, 0.25) is 0 Å². The first-order valence-corrected chi connectivity index (χ1v) is 5.18. The number of nitrogens with one attached hydrogen (secondary N) is 1. The third-order valence-electron chi connectivity index (χ3n) is 2.72. The zero-order valence-corrected chi connectivity index (χ0v) is 9.93. The van der Waals surface area contributed by atoms with E-state index in [1.807, 2.05) is 0 Å². The Kier molecular flexibility index (Phi) is 3.29. The van der Waals surface area contributed by atoms with E-state index in [-0.39, 0.29) is 5.69 Å². The lowest BCUT2D eigenvalue weighted by Crippen LogP contribution is -1.95. The Morgan fingerprint density at radius 1 is 1.06 bits per heavy atom. The number of methoxy groups -OCH3 is 2. The summed E-state index contributed by atoms with van der Waals surface area (Å²) in [4.78, 5) is 10.9. The van der Waals surface area contributed by atoms with Gasteiger partial charge in [-0.15, -0.1) is 4.91 Å². The molecule has 0 radical (unpaired) electrons. The van der Waals surface area contributed by atoms with Crippen molar-refractivity contribution in [3.05, 3.63) is 29.2 Å². The van der Waals surface area contributed by atoms with Crippen LogP contribution in [0.15, 0.2) is 29.4 Å². The van der Waals surface area contributed by atoms with E-state index in [1.54, 1.807) is 18.2 Å². The molecule has 0 aromatic heterocycles. The van der Waals surface area contributed by atoms with Crippen LogP contribution < -0.4 is 15.0 Å². The molecule has 6 heteroatoms. The van der Waals surface area contributed by atoms with Gasteiger partial charge < -0.3 is 9.47 Å². The van der Waals surface area contributed by atoms with E-state index in [0.717, 1.165) is 0 Å². The van der Waals surface area contributed by atoms with E-state index in [9.17, 15) is 4.91 Å². The molecule has 0 aliphatic carbocycles. The minimum Gasteiger partial charge on any atom is -0.496 e. The third kappa shape index (κ3) is 1.72. The average Bonchev–Trinajstić information content (AvgIpc) is 2.44. The second-order valence-corrected chi connectivity index (χ2v) is 3.56. The van der Waals surface area contributed by atoms with Gasteiger partial charge in [0, 0.05) is 0 Å². The fourth-order valence-electron chi connectivity index (χ4n) is 1.92. The third-order valence-corrected chi connectivity index (χ3v) is 2.72. The largest absolute Gasteiger partial charge is 0.496 e. The Balaban J connectivity index is 2.96. The van der Waals surface area contributed by atoms with Gasteiger partial charge in [-0.2, -0.15) is 0 Å². The average molecular weight is 248 g/mol. The molecule has 2 aromatic rings. The van der Waals surface area contributed by atoms with Crippen LogP contribution in [0.1, 0.15) is 0 Å². The Morgan fingerprint density at radius 3 is 2.17 bits per heavy atom. The molecule has 2 aromatic carbocycles. The summed E-state index contributed by atoms with van der Waals surface area (Å²) < 4.78 is 10.4. The van der Waals surface area contributed by atoms with Gasteiger partial charge in [0.25, 0.3) is 0 Å². The Hall–Kier alpha value is -2.34. The molecule has 0 heterocycles. The number of rotatable bonds is 4. The topological polar surface area (TPSA) is 80.2 Å². The summed E-state index contributed by atoms with van der Waals surface area (Å²) in [6, 6.07) is 6.41. The normalized spacial score (nSPS) is 10.2. The lowest BCUT2D eigenvalue weighted by atomic mass is 10.0. The summed E-state index contributed by atoms with van der Waals surface area (Å²) in [6.07, 6.45) is 0. The van der Waals surface area contributed by atoms with E-state index in [2.05, 4.69) is 10.7 Å². The highest BCUT2D eigenvalue weighted by molar-refractivity contribution is 6.07. The standard InChI is InChI=1S/C12H12N2O4/c1-17-9-5-6-10(18-2)12-8(14-16)4-3-7(13-15)11(9)12/h3-6,13,15H,1-2H3. The summed E-state index contributed by atoms with van der Waals surface area (Å²) in [5.41, 5.74) is 2.70. The zero-order valence-electron chi connectivity index (χ0n) is 9.93. The molecule has 2 N–H and O–H groups in total. The van der Waals surface area contributed by atoms with Crippen molar-refractivity contribution < 1.29 is 14.7 Å². The highest BCUT2D eigenvalue weighted by atomic mass is 16.5. The number of nitrogens with zero attached hydrogens (tertiary/aromatic N) is 1. The SMILES string of the molecule is COc1ccc(OC)c2c(NO)ccc(N=O)c12. The van der Waals surface area contributed by atoms with Crippen LogP contribution >= 0.6 is 0 Å². The molecule has 0 fully saturated rings. The molecule has 6 nitrogen and oxygen atoms in total. The predicted molar refractivity (Wildman–Crippen MR) is 67.9 cm³/mol. The highest BCUT2D eigenvalue weighted by Crippen LogP contribution is 2.43. The molecule has 0 aliphatic rings. The smallest absolute Gasteiger partial charge is 0.129 e. The number of nitroso groups, excluding NO2 is 1. The summed E-state index contributed by atoms with van der Waals surface area (Å²) in [5, 5.41) is 13.1. The van der Waals surface area contributed by atoms with Gasteiger partial charge in [-0.1, -0.05) is 0 Å². The lowest BCUT2D eigenvalue weighted by Gasteiger charge is -2.13. The first-order valence-electron chi connectivity index (χ1n) is 5.18. The van der Waals surface area contributed by atoms with Gasteiger partial charge >= 0.3 is 0 Å². The molecule has 18 heavy (non-hydrogen) atoms. The fourth-order valence-corrected chi connectivity index (χ4v) is 1.92. The van der Waals surface area contributed by atoms with Crippen LogP contribution in [-0.2, 0) is 0 Å². The van der Waals surface area contributed by atoms with Crippen molar-refractivity contribution in [3.8, 4) is 11.5 Å². The van der Waals surface area contributed by atoms with E-state index >= 15 is 0 Å². The molecule has 0 aliphatic heterocycles. The van der Waals surface area contributed by atoms with Crippen LogP contribution in [0.3, 0.4) is 0 Å². The number of hydrogen-bond donors (Lipinski definition) is 2. The van der Waals surface area contributed by atoms with Crippen molar-refractivity contribution >= 4 is 22.1 Å². The molecule has 0 atom stereocenters. The first kappa shape index (κ1) is 12.1. The van der Waals surface area contributed by atoms with Gasteiger partial charge in [0.1, 0.15) is 17.2 Å². The zero-order chi connectivity index (χ0) is 13.1. The Bertz CT molecular complexity index is 588. The maximum absolute atomic E-state index is 10.9. The van der Waals surface area contributed by atoms with Crippen LogP contribution in [0.4, 0.5) is 11.4 Å². The van der Waals surface area contributed by atoms with Crippen molar-refractivity contribution in [1.82, 2.24) is 0 Å². The number of fused-ring (bicyclic) bond motifs is 1. The van der Waals surface area contributed by atoms with E-state index in [1.165, 1.54) is 20.3 Å². The quantitative estimate of drug-likeness (QED) is 0.642. The molecule has 0 unspecified atom stereocenters. The number of benzene rings is 2. The Morgan fingerprint density at radius 2 is 1.67 bits per heavy atom. The molecule has 0 saturated heterocycles. The second-order valence-electron chi connectivity index (χ2n) is 3.56. The van der Waals surface area contributed by atoms with E-state index in [4.69, 9.17) is 14.7 Å². The Labute approximate surface area is 103 Å². The van der Waals surface area contributed by atoms with Gasteiger partial charge in [-0.25, -0.2) is 0 Å².